The summed E-state index contributed by atoms with van der Waals surface area (Å²) in [5.74, 6) is -0.231. The van der Waals surface area contributed by atoms with Crippen LogP contribution in [0.5, 0.6) is 5.88 Å². The van der Waals surface area contributed by atoms with Gasteiger partial charge in [0.1, 0.15) is 17.4 Å². The van der Waals surface area contributed by atoms with E-state index >= 15 is 0 Å². The molecule has 0 saturated carbocycles. The minimum Gasteiger partial charge on any atom is -0.480 e. The summed E-state index contributed by atoms with van der Waals surface area (Å²) in [5, 5.41) is 9.65. The summed E-state index contributed by atoms with van der Waals surface area (Å²) in [7, 11) is -1.91. The zero-order valence-electron chi connectivity index (χ0n) is 14.6. The first-order chi connectivity index (χ1) is 12.8. The molecular formula is C20H15FN2O3S. The van der Waals surface area contributed by atoms with Gasteiger partial charge in [-0.05, 0) is 35.4 Å². The van der Waals surface area contributed by atoms with Gasteiger partial charge in [0, 0.05) is 23.6 Å². The molecule has 1 heterocycles. The molecule has 2 aromatic carbocycles. The third kappa shape index (κ3) is 3.66. The van der Waals surface area contributed by atoms with Crippen molar-refractivity contribution in [2.75, 3.05) is 13.4 Å². The number of nitriles is 1. The number of rotatable bonds is 4. The summed E-state index contributed by atoms with van der Waals surface area (Å²) in [6.45, 7) is 0. The van der Waals surface area contributed by atoms with Gasteiger partial charge in [-0.15, -0.1) is 0 Å². The van der Waals surface area contributed by atoms with Gasteiger partial charge in [0.15, 0.2) is 9.84 Å². The lowest BCUT2D eigenvalue weighted by atomic mass is 9.92. The third-order valence-electron chi connectivity index (χ3n) is 4.08. The van der Waals surface area contributed by atoms with Crippen molar-refractivity contribution in [2.45, 2.75) is 4.90 Å². The van der Waals surface area contributed by atoms with E-state index in [1.54, 1.807) is 30.5 Å². The van der Waals surface area contributed by atoms with Gasteiger partial charge in [0.2, 0.25) is 5.88 Å². The van der Waals surface area contributed by atoms with Crippen LogP contribution < -0.4 is 4.74 Å². The normalized spacial score (nSPS) is 11.0. The molecule has 0 aliphatic carbocycles. The standard InChI is InChI=1S/C20H15FN2O3S/c1-26-20-17(11-22)19(14-3-7-15(21)8-4-14)18(12-23-20)13-5-9-16(10-6-13)27(2,24)25/h3-10,12H,1-2H3. The summed E-state index contributed by atoms with van der Waals surface area (Å²) in [4.78, 5) is 4.37. The molecule has 27 heavy (non-hydrogen) atoms. The average molecular weight is 382 g/mol. The molecule has 0 spiro atoms. The number of aromatic nitrogens is 1. The highest BCUT2D eigenvalue weighted by atomic mass is 32.2. The SMILES string of the molecule is COc1ncc(-c2ccc(S(C)(=O)=O)cc2)c(-c2ccc(F)cc2)c1C#N. The third-order valence-corrected chi connectivity index (χ3v) is 5.20. The van der Waals surface area contributed by atoms with Crippen LogP contribution in [0.2, 0.25) is 0 Å². The van der Waals surface area contributed by atoms with Crippen LogP contribution in [-0.4, -0.2) is 26.8 Å². The number of halogens is 1. The first-order valence-electron chi connectivity index (χ1n) is 7.88. The largest absolute Gasteiger partial charge is 0.480 e. The maximum absolute atomic E-state index is 13.4. The second-order valence-corrected chi connectivity index (χ2v) is 7.86. The maximum Gasteiger partial charge on any atom is 0.232 e. The number of sulfone groups is 1. The van der Waals surface area contributed by atoms with E-state index in [-0.39, 0.29) is 16.3 Å². The van der Waals surface area contributed by atoms with E-state index in [9.17, 15) is 18.1 Å². The Kier molecular flexibility index (Phi) is 4.93. The van der Waals surface area contributed by atoms with Crippen LogP contribution >= 0.6 is 0 Å². The number of hydrogen-bond acceptors (Lipinski definition) is 5. The summed E-state index contributed by atoms with van der Waals surface area (Å²) in [6, 6.07) is 14.1. The molecule has 7 heteroatoms. The second-order valence-electron chi connectivity index (χ2n) is 5.85. The van der Waals surface area contributed by atoms with Gasteiger partial charge in [-0.3, -0.25) is 0 Å². The molecule has 1 aromatic heterocycles. The van der Waals surface area contributed by atoms with E-state index < -0.39 is 15.7 Å². The molecule has 0 amide bonds. The Labute approximate surface area is 156 Å². The smallest absolute Gasteiger partial charge is 0.232 e. The Balaban J connectivity index is 2.27. The molecule has 136 valence electrons. The lowest BCUT2D eigenvalue weighted by Crippen LogP contribution is -1.99. The van der Waals surface area contributed by atoms with Gasteiger partial charge >= 0.3 is 0 Å². The summed E-state index contributed by atoms with van der Waals surface area (Å²) >= 11 is 0. The number of nitrogens with zero attached hydrogens (tertiary/aromatic N) is 2. The van der Waals surface area contributed by atoms with Gasteiger partial charge in [-0.1, -0.05) is 24.3 Å². The molecule has 0 unspecified atom stereocenters. The fraction of sp³-hybridized carbons (Fsp3) is 0.100. The topological polar surface area (TPSA) is 80.0 Å². The molecule has 3 aromatic rings. The van der Waals surface area contributed by atoms with E-state index in [0.29, 0.717) is 22.3 Å². The van der Waals surface area contributed by atoms with Crippen LogP contribution in [0.3, 0.4) is 0 Å². The van der Waals surface area contributed by atoms with E-state index in [2.05, 4.69) is 11.1 Å². The zero-order chi connectivity index (χ0) is 19.6. The predicted molar refractivity (Wildman–Crippen MR) is 99.4 cm³/mol. The number of methoxy groups -OCH3 is 1. The Hall–Kier alpha value is -3.24. The number of benzene rings is 2. The average Bonchev–Trinajstić information content (AvgIpc) is 2.67. The predicted octanol–water partition coefficient (Wildman–Crippen LogP) is 3.84. The maximum atomic E-state index is 13.4. The van der Waals surface area contributed by atoms with E-state index in [4.69, 9.17) is 4.74 Å². The lowest BCUT2D eigenvalue weighted by molar-refractivity contribution is 0.397. The molecule has 0 aliphatic rings. The van der Waals surface area contributed by atoms with Crippen LogP contribution in [0.25, 0.3) is 22.3 Å². The van der Waals surface area contributed by atoms with E-state index in [1.807, 2.05) is 0 Å². The van der Waals surface area contributed by atoms with E-state index in [1.165, 1.54) is 31.4 Å². The number of ether oxygens (including phenoxy) is 1. The van der Waals surface area contributed by atoms with Crippen molar-refractivity contribution in [3.63, 3.8) is 0 Å². The summed E-state index contributed by atoms with van der Waals surface area (Å²) < 4.78 is 41.9. The fourth-order valence-electron chi connectivity index (χ4n) is 2.77. The molecular weight excluding hydrogens is 367 g/mol. The van der Waals surface area contributed by atoms with Crippen molar-refractivity contribution in [3.8, 4) is 34.2 Å². The first kappa shape index (κ1) is 18.5. The molecule has 0 atom stereocenters. The molecule has 0 fully saturated rings. The van der Waals surface area contributed by atoms with Crippen LogP contribution in [0, 0.1) is 17.1 Å². The Morgan fingerprint density at radius 1 is 1.04 bits per heavy atom. The first-order valence-corrected chi connectivity index (χ1v) is 9.78. The fourth-order valence-corrected chi connectivity index (χ4v) is 3.40. The Bertz CT molecular complexity index is 1130. The van der Waals surface area contributed by atoms with Crippen molar-refractivity contribution >= 4 is 9.84 Å². The van der Waals surface area contributed by atoms with Crippen molar-refractivity contribution in [1.82, 2.24) is 4.98 Å². The van der Waals surface area contributed by atoms with Crippen LogP contribution in [0.15, 0.2) is 59.6 Å². The Morgan fingerprint density at radius 2 is 1.63 bits per heavy atom. The minimum absolute atomic E-state index is 0.160. The summed E-state index contributed by atoms with van der Waals surface area (Å²) in [6.07, 6.45) is 2.68. The zero-order valence-corrected chi connectivity index (χ0v) is 15.4. The quantitative estimate of drug-likeness (QED) is 0.685. The Morgan fingerprint density at radius 3 is 2.15 bits per heavy atom. The van der Waals surface area contributed by atoms with Crippen molar-refractivity contribution < 1.29 is 17.5 Å². The number of pyridine rings is 1. The molecule has 0 radical (unpaired) electrons. The van der Waals surface area contributed by atoms with Gasteiger partial charge in [-0.2, -0.15) is 5.26 Å². The highest BCUT2D eigenvalue weighted by Gasteiger charge is 2.19. The minimum atomic E-state index is -3.32. The van der Waals surface area contributed by atoms with Gasteiger partial charge < -0.3 is 4.74 Å². The molecule has 0 bridgehead atoms. The van der Waals surface area contributed by atoms with Crippen LogP contribution in [-0.2, 0) is 9.84 Å². The van der Waals surface area contributed by atoms with Gasteiger partial charge in [0.25, 0.3) is 0 Å². The van der Waals surface area contributed by atoms with Gasteiger partial charge in [-0.25, -0.2) is 17.8 Å². The highest BCUT2D eigenvalue weighted by molar-refractivity contribution is 7.90. The molecule has 0 saturated heterocycles. The molecule has 3 rings (SSSR count). The highest BCUT2D eigenvalue weighted by Crippen LogP contribution is 2.38. The van der Waals surface area contributed by atoms with E-state index in [0.717, 1.165) is 6.26 Å². The lowest BCUT2D eigenvalue weighted by Gasteiger charge is -2.14. The van der Waals surface area contributed by atoms with Crippen LogP contribution in [0.1, 0.15) is 5.56 Å². The molecule has 0 aliphatic heterocycles. The summed E-state index contributed by atoms with van der Waals surface area (Å²) in [5.41, 5.74) is 2.66. The van der Waals surface area contributed by atoms with Crippen molar-refractivity contribution in [3.05, 3.63) is 66.1 Å². The molecule has 0 N–H and O–H groups in total. The molecule has 5 nitrogen and oxygen atoms in total. The van der Waals surface area contributed by atoms with Crippen LogP contribution in [0.4, 0.5) is 4.39 Å². The monoisotopic (exact) mass is 382 g/mol. The number of hydrogen-bond donors (Lipinski definition) is 0. The van der Waals surface area contributed by atoms with Crippen molar-refractivity contribution in [2.24, 2.45) is 0 Å². The second kappa shape index (κ2) is 7.17. The van der Waals surface area contributed by atoms with Crippen molar-refractivity contribution in [1.29, 1.82) is 5.26 Å². The van der Waals surface area contributed by atoms with Gasteiger partial charge in [0.05, 0.1) is 12.0 Å².